The highest BCUT2D eigenvalue weighted by Gasteiger charge is 2.10. The quantitative estimate of drug-likeness (QED) is 0.786. The van der Waals surface area contributed by atoms with Gasteiger partial charge in [0.1, 0.15) is 11.5 Å². The van der Waals surface area contributed by atoms with E-state index >= 15 is 0 Å². The highest BCUT2D eigenvalue weighted by atomic mass is 16.5. The average molecular weight is 302 g/mol. The Bertz CT molecular complexity index is 575. The number of methoxy groups -OCH3 is 2. The van der Waals surface area contributed by atoms with Gasteiger partial charge in [0.25, 0.3) is 0 Å². The van der Waals surface area contributed by atoms with Crippen LogP contribution in [0.5, 0.6) is 11.5 Å². The highest BCUT2D eigenvalue weighted by molar-refractivity contribution is 5.87. The van der Waals surface area contributed by atoms with Gasteiger partial charge in [-0.2, -0.15) is 0 Å². The van der Waals surface area contributed by atoms with E-state index in [1.54, 1.807) is 14.2 Å². The lowest BCUT2D eigenvalue weighted by molar-refractivity contribution is 0.408. The molecule has 0 spiro atoms. The molecular formula is C18H26N2O2. The highest BCUT2D eigenvalue weighted by Crippen LogP contribution is 2.32. The molecule has 0 fully saturated rings. The minimum absolute atomic E-state index is 0.686. The third-order valence-corrected chi connectivity index (χ3v) is 3.94. The molecule has 0 amide bonds. The molecule has 0 aliphatic carbocycles. The number of ether oxygens (including phenoxy) is 2. The third kappa shape index (κ3) is 3.70. The van der Waals surface area contributed by atoms with Gasteiger partial charge in [-0.3, -0.25) is 0 Å². The van der Waals surface area contributed by atoms with Crippen molar-refractivity contribution in [3.8, 4) is 11.5 Å². The molecule has 0 saturated carbocycles. The fraction of sp³-hybridized carbons (Fsp3) is 0.444. The summed E-state index contributed by atoms with van der Waals surface area (Å²) in [5, 5.41) is 2.34. The van der Waals surface area contributed by atoms with Gasteiger partial charge in [-0.05, 0) is 84.9 Å². The van der Waals surface area contributed by atoms with Gasteiger partial charge in [0, 0.05) is 0 Å². The van der Waals surface area contributed by atoms with E-state index in [0.29, 0.717) is 13.1 Å². The molecule has 22 heavy (non-hydrogen) atoms. The Balaban J connectivity index is 2.47. The van der Waals surface area contributed by atoms with Gasteiger partial charge in [0.05, 0.1) is 14.2 Å². The van der Waals surface area contributed by atoms with Crippen LogP contribution in [-0.4, -0.2) is 27.3 Å². The molecule has 4 heteroatoms. The smallest absolute Gasteiger partial charge is 0.122 e. The number of benzene rings is 2. The topological polar surface area (TPSA) is 70.5 Å². The van der Waals surface area contributed by atoms with Crippen LogP contribution in [0.4, 0.5) is 0 Å². The molecule has 120 valence electrons. The number of aryl methyl sites for hydroxylation is 2. The molecular weight excluding hydrogens is 276 g/mol. The molecule has 0 heterocycles. The summed E-state index contributed by atoms with van der Waals surface area (Å²) in [5.74, 6) is 1.83. The summed E-state index contributed by atoms with van der Waals surface area (Å²) in [5.41, 5.74) is 13.7. The van der Waals surface area contributed by atoms with Crippen LogP contribution in [0.15, 0.2) is 24.3 Å². The SMILES string of the molecule is COc1cc2cc(OC)c(CCCN)cc2cc1CCCN. The zero-order valence-electron chi connectivity index (χ0n) is 13.5. The van der Waals surface area contributed by atoms with Gasteiger partial charge < -0.3 is 20.9 Å². The van der Waals surface area contributed by atoms with Crippen LogP contribution >= 0.6 is 0 Å². The van der Waals surface area contributed by atoms with E-state index in [2.05, 4.69) is 24.3 Å². The van der Waals surface area contributed by atoms with E-state index in [-0.39, 0.29) is 0 Å². The summed E-state index contributed by atoms with van der Waals surface area (Å²) in [6.45, 7) is 1.37. The summed E-state index contributed by atoms with van der Waals surface area (Å²) in [4.78, 5) is 0. The first kappa shape index (κ1) is 16.6. The first-order chi connectivity index (χ1) is 10.7. The van der Waals surface area contributed by atoms with E-state index in [0.717, 1.165) is 42.6 Å². The molecule has 2 aromatic rings. The normalized spacial score (nSPS) is 10.9. The summed E-state index contributed by atoms with van der Waals surface area (Å²) >= 11 is 0. The van der Waals surface area contributed by atoms with Crippen molar-refractivity contribution >= 4 is 10.8 Å². The number of nitrogens with two attached hydrogens (primary N) is 2. The summed E-state index contributed by atoms with van der Waals surface area (Å²) < 4.78 is 11.0. The van der Waals surface area contributed by atoms with Crippen molar-refractivity contribution in [1.29, 1.82) is 0 Å². The van der Waals surface area contributed by atoms with Gasteiger partial charge in [0.15, 0.2) is 0 Å². The Labute approximate surface area is 132 Å². The standard InChI is InChI=1S/C18H26N2O2/c1-21-17-11-16-12-18(22-2)14(6-4-8-20)10-15(16)9-13(17)5-3-7-19/h9-12H,3-8,19-20H2,1-2H3. The molecule has 0 bridgehead atoms. The van der Waals surface area contributed by atoms with Gasteiger partial charge in [-0.25, -0.2) is 0 Å². The van der Waals surface area contributed by atoms with Gasteiger partial charge in [-0.1, -0.05) is 0 Å². The lowest BCUT2D eigenvalue weighted by atomic mass is 9.98. The van der Waals surface area contributed by atoms with E-state index in [9.17, 15) is 0 Å². The Morgan fingerprint density at radius 2 is 1.14 bits per heavy atom. The largest absolute Gasteiger partial charge is 0.496 e. The van der Waals surface area contributed by atoms with E-state index in [1.807, 2.05) is 0 Å². The molecule has 0 atom stereocenters. The number of rotatable bonds is 8. The molecule has 0 aromatic heterocycles. The van der Waals surface area contributed by atoms with Crippen LogP contribution in [0.1, 0.15) is 24.0 Å². The number of hydrogen-bond acceptors (Lipinski definition) is 4. The van der Waals surface area contributed by atoms with Crippen molar-refractivity contribution in [3.05, 3.63) is 35.4 Å². The van der Waals surface area contributed by atoms with Crippen molar-refractivity contribution in [2.24, 2.45) is 11.5 Å². The second kappa shape index (κ2) is 8.01. The molecule has 2 aromatic carbocycles. The van der Waals surface area contributed by atoms with Gasteiger partial charge in [-0.15, -0.1) is 0 Å². The zero-order valence-corrected chi connectivity index (χ0v) is 13.5. The third-order valence-electron chi connectivity index (χ3n) is 3.94. The molecule has 4 nitrogen and oxygen atoms in total. The predicted octanol–water partition coefficient (Wildman–Crippen LogP) is 2.64. The Hall–Kier alpha value is -1.78. The van der Waals surface area contributed by atoms with E-state index in [4.69, 9.17) is 20.9 Å². The van der Waals surface area contributed by atoms with Crippen molar-refractivity contribution in [1.82, 2.24) is 0 Å². The molecule has 0 aliphatic heterocycles. The van der Waals surface area contributed by atoms with Crippen LogP contribution in [0.3, 0.4) is 0 Å². The molecule has 4 N–H and O–H groups in total. The Morgan fingerprint density at radius 1 is 0.727 bits per heavy atom. The molecule has 0 unspecified atom stereocenters. The van der Waals surface area contributed by atoms with E-state index < -0.39 is 0 Å². The summed E-state index contributed by atoms with van der Waals surface area (Å²) in [6, 6.07) is 8.57. The van der Waals surface area contributed by atoms with Crippen LogP contribution in [0, 0.1) is 0 Å². The lowest BCUT2D eigenvalue weighted by Crippen LogP contribution is -2.03. The van der Waals surface area contributed by atoms with Crippen LogP contribution < -0.4 is 20.9 Å². The molecule has 0 aliphatic rings. The van der Waals surface area contributed by atoms with Crippen molar-refractivity contribution in [2.75, 3.05) is 27.3 Å². The summed E-state index contributed by atoms with van der Waals surface area (Å²) in [6.07, 6.45) is 3.77. The van der Waals surface area contributed by atoms with Crippen LogP contribution in [-0.2, 0) is 12.8 Å². The Morgan fingerprint density at radius 3 is 1.50 bits per heavy atom. The van der Waals surface area contributed by atoms with Gasteiger partial charge in [0.2, 0.25) is 0 Å². The first-order valence-electron chi connectivity index (χ1n) is 7.81. The fourth-order valence-electron chi connectivity index (χ4n) is 2.76. The minimum atomic E-state index is 0.686. The van der Waals surface area contributed by atoms with Gasteiger partial charge >= 0.3 is 0 Å². The number of fused-ring (bicyclic) bond motifs is 1. The fourth-order valence-corrected chi connectivity index (χ4v) is 2.76. The Kier molecular flexibility index (Phi) is 6.04. The van der Waals surface area contributed by atoms with Crippen molar-refractivity contribution in [2.45, 2.75) is 25.7 Å². The predicted molar refractivity (Wildman–Crippen MR) is 91.8 cm³/mol. The molecule has 2 rings (SSSR count). The first-order valence-corrected chi connectivity index (χ1v) is 7.81. The minimum Gasteiger partial charge on any atom is -0.496 e. The lowest BCUT2D eigenvalue weighted by Gasteiger charge is -2.14. The second-order valence-electron chi connectivity index (χ2n) is 5.46. The maximum Gasteiger partial charge on any atom is 0.122 e. The summed E-state index contributed by atoms with van der Waals surface area (Å²) in [7, 11) is 3.42. The zero-order chi connectivity index (χ0) is 15.9. The molecule has 0 saturated heterocycles. The van der Waals surface area contributed by atoms with Crippen molar-refractivity contribution < 1.29 is 9.47 Å². The van der Waals surface area contributed by atoms with Crippen molar-refractivity contribution in [3.63, 3.8) is 0 Å². The molecule has 0 radical (unpaired) electrons. The monoisotopic (exact) mass is 302 g/mol. The van der Waals surface area contributed by atoms with E-state index in [1.165, 1.54) is 16.5 Å². The maximum atomic E-state index is 5.63. The number of hydrogen-bond donors (Lipinski definition) is 2. The van der Waals surface area contributed by atoms with Crippen LogP contribution in [0.25, 0.3) is 10.8 Å². The second-order valence-corrected chi connectivity index (χ2v) is 5.46. The van der Waals surface area contributed by atoms with Crippen LogP contribution in [0.2, 0.25) is 0 Å². The average Bonchev–Trinajstić information content (AvgIpc) is 2.56. The maximum absolute atomic E-state index is 5.63.